The molecule has 1 heterocycles. The monoisotopic (exact) mass is 277 g/mol. The first-order chi connectivity index (χ1) is 8.99. The number of nitrogens with zero attached hydrogens (tertiary/aromatic N) is 2. The fourth-order valence-corrected chi connectivity index (χ4v) is 2.05. The van der Waals surface area contributed by atoms with Crippen LogP contribution < -0.4 is 4.74 Å². The van der Waals surface area contributed by atoms with E-state index in [0.29, 0.717) is 10.7 Å². The van der Waals surface area contributed by atoms with E-state index in [-0.39, 0.29) is 6.10 Å². The molecule has 1 aromatic heterocycles. The summed E-state index contributed by atoms with van der Waals surface area (Å²) in [6, 6.07) is 8.17. The molecule has 102 valence electrons. The normalized spacial score (nSPS) is 12.7. The molecule has 19 heavy (non-hydrogen) atoms. The number of nitrogens with one attached hydrogen (secondary N) is 1. The number of hydrogen-bond donors (Lipinski definition) is 1. The Morgan fingerprint density at radius 1 is 1.21 bits per heavy atom. The van der Waals surface area contributed by atoms with Gasteiger partial charge in [-0.15, -0.1) is 0 Å². The highest BCUT2D eigenvalue weighted by Crippen LogP contribution is 2.23. The van der Waals surface area contributed by atoms with Crippen molar-refractivity contribution < 1.29 is 4.74 Å². The lowest BCUT2D eigenvalue weighted by Gasteiger charge is -2.14. The topological polar surface area (TPSA) is 42.8 Å². The van der Waals surface area contributed by atoms with E-state index < -0.39 is 0 Å². The van der Waals surface area contributed by atoms with Crippen LogP contribution in [-0.2, 0) is 7.05 Å². The number of aromatic amines is 1. The summed E-state index contributed by atoms with van der Waals surface area (Å²) in [5, 5.41) is 6.94. The van der Waals surface area contributed by atoms with Gasteiger partial charge >= 0.3 is 0 Å². The quantitative estimate of drug-likeness (QED) is 0.866. The van der Waals surface area contributed by atoms with Gasteiger partial charge in [0.1, 0.15) is 5.75 Å². The molecule has 0 unspecified atom stereocenters. The molecule has 1 aromatic carbocycles. The van der Waals surface area contributed by atoms with Crippen LogP contribution in [0.1, 0.15) is 44.2 Å². The number of hydrogen-bond acceptors (Lipinski definition) is 3. The number of ether oxygens (including phenoxy) is 1. The van der Waals surface area contributed by atoms with Crippen molar-refractivity contribution in [2.45, 2.75) is 32.8 Å². The van der Waals surface area contributed by atoms with Crippen molar-refractivity contribution >= 4 is 12.2 Å². The van der Waals surface area contributed by atoms with Crippen molar-refractivity contribution in [3.63, 3.8) is 0 Å². The Morgan fingerprint density at radius 2 is 1.84 bits per heavy atom. The Kier molecular flexibility index (Phi) is 4.04. The van der Waals surface area contributed by atoms with Gasteiger partial charge in [-0.3, -0.25) is 5.10 Å². The molecule has 4 nitrogen and oxygen atoms in total. The molecule has 0 amide bonds. The van der Waals surface area contributed by atoms with Crippen LogP contribution in [-0.4, -0.2) is 14.8 Å². The van der Waals surface area contributed by atoms with Gasteiger partial charge in [-0.25, -0.2) is 0 Å². The minimum absolute atomic E-state index is 0.150. The lowest BCUT2D eigenvalue weighted by molar-refractivity contribution is 0.212. The van der Waals surface area contributed by atoms with Crippen molar-refractivity contribution in [1.29, 1.82) is 0 Å². The SMILES string of the molecule is CC(C)c1ccc(O[C@@H](C)c2n[nH]c(=S)n2C)cc1. The van der Waals surface area contributed by atoms with E-state index in [1.165, 1.54) is 5.56 Å². The Bertz CT molecular complexity index is 598. The third-order valence-corrected chi connectivity index (χ3v) is 3.50. The highest BCUT2D eigenvalue weighted by molar-refractivity contribution is 7.71. The van der Waals surface area contributed by atoms with Crippen molar-refractivity contribution in [2.24, 2.45) is 7.05 Å². The van der Waals surface area contributed by atoms with Gasteiger partial charge in [0.25, 0.3) is 0 Å². The zero-order valence-corrected chi connectivity index (χ0v) is 12.5. The van der Waals surface area contributed by atoms with E-state index in [1.807, 2.05) is 30.7 Å². The van der Waals surface area contributed by atoms with Crippen molar-refractivity contribution in [3.8, 4) is 5.75 Å². The minimum Gasteiger partial charge on any atom is -0.483 e. The number of H-pyrrole nitrogens is 1. The summed E-state index contributed by atoms with van der Waals surface area (Å²) in [4.78, 5) is 0. The predicted molar refractivity (Wildman–Crippen MR) is 78.0 cm³/mol. The van der Waals surface area contributed by atoms with Gasteiger partial charge in [-0.05, 0) is 42.8 Å². The lowest BCUT2D eigenvalue weighted by atomic mass is 10.0. The maximum atomic E-state index is 5.88. The van der Waals surface area contributed by atoms with Gasteiger partial charge in [0.05, 0.1) is 0 Å². The lowest BCUT2D eigenvalue weighted by Crippen LogP contribution is -2.09. The van der Waals surface area contributed by atoms with Crippen molar-refractivity contribution in [2.75, 3.05) is 0 Å². The average Bonchev–Trinajstić information content (AvgIpc) is 2.70. The first-order valence-electron chi connectivity index (χ1n) is 6.37. The van der Waals surface area contributed by atoms with Crippen molar-refractivity contribution in [1.82, 2.24) is 14.8 Å². The molecule has 1 N–H and O–H groups in total. The summed E-state index contributed by atoms with van der Waals surface area (Å²) < 4.78 is 8.30. The summed E-state index contributed by atoms with van der Waals surface area (Å²) in [7, 11) is 1.88. The van der Waals surface area contributed by atoms with Crippen LogP contribution in [0.25, 0.3) is 0 Å². The van der Waals surface area contributed by atoms with Gasteiger partial charge in [-0.2, -0.15) is 5.10 Å². The molecule has 0 spiro atoms. The average molecular weight is 277 g/mol. The van der Waals surface area contributed by atoms with Crippen molar-refractivity contribution in [3.05, 3.63) is 40.4 Å². The van der Waals surface area contributed by atoms with Crippen LogP contribution in [0.15, 0.2) is 24.3 Å². The van der Waals surface area contributed by atoms with Crippen LogP contribution in [0, 0.1) is 4.77 Å². The fourth-order valence-electron chi connectivity index (χ4n) is 1.91. The number of rotatable bonds is 4. The molecule has 0 saturated carbocycles. The zero-order chi connectivity index (χ0) is 14.0. The van der Waals surface area contributed by atoms with Gasteiger partial charge in [-0.1, -0.05) is 26.0 Å². The summed E-state index contributed by atoms with van der Waals surface area (Å²) in [5.74, 6) is 2.15. The summed E-state index contributed by atoms with van der Waals surface area (Å²) in [5.41, 5.74) is 1.30. The third kappa shape index (κ3) is 3.04. The highest BCUT2D eigenvalue weighted by Gasteiger charge is 2.13. The molecule has 2 aromatic rings. The van der Waals surface area contributed by atoms with E-state index in [0.717, 1.165) is 11.6 Å². The van der Waals surface area contributed by atoms with Crippen LogP contribution >= 0.6 is 12.2 Å². The van der Waals surface area contributed by atoms with Gasteiger partial charge < -0.3 is 9.30 Å². The molecular weight excluding hydrogens is 258 g/mol. The van der Waals surface area contributed by atoms with E-state index in [2.05, 4.69) is 36.2 Å². The maximum Gasteiger partial charge on any atom is 0.195 e. The molecular formula is C14H19N3OS. The van der Waals surface area contributed by atoms with E-state index in [9.17, 15) is 0 Å². The first-order valence-corrected chi connectivity index (χ1v) is 6.77. The molecule has 2 rings (SSSR count). The van der Waals surface area contributed by atoms with Gasteiger partial charge in [0.15, 0.2) is 16.7 Å². The van der Waals surface area contributed by atoms with Crippen LogP contribution in [0.5, 0.6) is 5.75 Å². The number of aromatic nitrogens is 3. The summed E-state index contributed by atoms with van der Waals surface area (Å²) >= 11 is 5.09. The van der Waals surface area contributed by atoms with E-state index >= 15 is 0 Å². The molecule has 0 fully saturated rings. The minimum atomic E-state index is -0.150. The largest absolute Gasteiger partial charge is 0.483 e. The maximum absolute atomic E-state index is 5.88. The Labute approximate surface area is 118 Å². The molecule has 0 bridgehead atoms. The summed E-state index contributed by atoms with van der Waals surface area (Å²) in [6.45, 7) is 6.31. The molecule has 0 aliphatic carbocycles. The van der Waals surface area contributed by atoms with E-state index in [4.69, 9.17) is 17.0 Å². The van der Waals surface area contributed by atoms with Crippen LogP contribution in [0.2, 0.25) is 0 Å². The van der Waals surface area contributed by atoms with Crippen LogP contribution in [0.3, 0.4) is 0 Å². The smallest absolute Gasteiger partial charge is 0.195 e. The Balaban J connectivity index is 2.12. The fraction of sp³-hybridized carbons (Fsp3) is 0.429. The zero-order valence-electron chi connectivity index (χ0n) is 11.7. The standard InChI is InChI=1S/C14H19N3OS/c1-9(2)11-5-7-12(8-6-11)18-10(3)13-15-16-14(19)17(13)4/h5-10H,1-4H3,(H,16,19)/t10-/m0/s1. The third-order valence-electron chi connectivity index (χ3n) is 3.14. The second-order valence-electron chi connectivity index (χ2n) is 4.93. The molecule has 5 heteroatoms. The molecule has 0 aliphatic heterocycles. The molecule has 0 radical (unpaired) electrons. The Hall–Kier alpha value is -1.62. The Morgan fingerprint density at radius 3 is 2.32 bits per heavy atom. The molecule has 0 aliphatic rings. The van der Waals surface area contributed by atoms with Crippen LogP contribution in [0.4, 0.5) is 0 Å². The number of benzene rings is 1. The highest BCUT2D eigenvalue weighted by atomic mass is 32.1. The first kappa shape index (κ1) is 13.8. The van der Waals surface area contributed by atoms with Gasteiger partial charge in [0, 0.05) is 7.05 Å². The van der Waals surface area contributed by atoms with E-state index in [1.54, 1.807) is 0 Å². The molecule has 1 atom stereocenters. The second-order valence-corrected chi connectivity index (χ2v) is 5.32. The molecule has 0 saturated heterocycles. The summed E-state index contributed by atoms with van der Waals surface area (Å²) in [6.07, 6.45) is -0.150. The predicted octanol–water partition coefficient (Wildman–Crippen LogP) is 3.74. The second kappa shape index (κ2) is 5.57. The van der Waals surface area contributed by atoms with Gasteiger partial charge in [0.2, 0.25) is 0 Å².